The maximum atomic E-state index is 6.17. The number of hydrogen-bond donors (Lipinski definition) is 1. The predicted octanol–water partition coefficient (Wildman–Crippen LogP) is 3.46. The van der Waals surface area contributed by atoms with E-state index < -0.39 is 0 Å². The van der Waals surface area contributed by atoms with E-state index in [1.165, 1.54) is 36.0 Å². The van der Waals surface area contributed by atoms with Crippen molar-refractivity contribution in [3.63, 3.8) is 0 Å². The molecule has 1 unspecified atom stereocenters. The fourth-order valence-electron chi connectivity index (χ4n) is 3.02. The average Bonchev–Trinajstić information content (AvgIpc) is 2.84. The van der Waals surface area contributed by atoms with Gasteiger partial charge in [0.15, 0.2) is 0 Å². The van der Waals surface area contributed by atoms with E-state index in [1.54, 1.807) is 0 Å². The van der Waals surface area contributed by atoms with Crippen molar-refractivity contribution in [1.29, 1.82) is 0 Å². The summed E-state index contributed by atoms with van der Waals surface area (Å²) in [5, 5.41) is 0. The molecule has 1 aliphatic rings. The topological polar surface area (TPSA) is 30.9 Å². The second-order valence-electron chi connectivity index (χ2n) is 5.56. The van der Waals surface area contributed by atoms with E-state index in [-0.39, 0.29) is 6.04 Å². The SMILES string of the molecule is NC1CCCc2cn(CCCc3ccccc3)cc21. The van der Waals surface area contributed by atoms with Gasteiger partial charge in [-0.05, 0) is 48.8 Å². The molecule has 19 heavy (non-hydrogen) atoms. The Morgan fingerprint density at radius 2 is 2.00 bits per heavy atom. The number of fused-ring (bicyclic) bond motifs is 1. The summed E-state index contributed by atoms with van der Waals surface area (Å²) >= 11 is 0. The number of hydrogen-bond acceptors (Lipinski definition) is 1. The summed E-state index contributed by atoms with van der Waals surface area (Å²) in [6.07, 6.45) is 10.5. The van der Waals surface area contributed by atoms with Crippen molar-refractivity contribution < 1.29 is 0 Å². The van der Waals surface area contributed by atoms with Crippen LogP contribution in [0.25, 0.3) is 0 Å². The third kappa shape index (κ3) is 2.90. The van der Waals surface area contributed by atoms with Crippen molar-refractivity contribution in [3.05, 3.63) is 59.4 Å². The van der Waals surface area contributed by atoms with Gasteiger partial charge in [0.25, 0.3) is 0 Å². The first-order chi connectivity index (χ1) is 9.33. The summed E-state index contributed by atoms with van der Waals surface area (Å²) in [5.74, 6) is 0. The van der Waals surface area contributed by atoms with Crippen LogP contribution >= 0.6 is 0 Å². The molecule has 0 saturated carbocycles. The standard InChI is InChI=1S/C17H22N2/c18-17-10-4-9-15-12-19(13-16(15)17)11-5-8-14-6-2-1-3-7-14/h1-3,6-7,12-13,17H,4-5,8-11,18H2. The summed E-state index contributed by atoms with van der Waals surface area (Å²) < 4.78 is 2.33. The van der Waals surface area contributed by atoms with Gasteiger partial charge in [-0.25, -0.2) is 0 Å². The molecule has 1 aromatic heterocycles. The average molecular weight is 254 g/mol. The molecule has 1 atom stereocenters. The molecule has 2 aromatic rings. The summed E-state index contributed by atoms with van der Waals surface area (Å²) in [6, 6.07) is 11.0. The third-order valence-corrected chi connectivity index (χ3v) is 4.08. The molecule has 1 heterocycles. The van der Waals surface area contributed by atoms with Gasteiger partial charge in [-0.15, -0.1) is 0 Å². The Labute approximate surface area is 115 Å². The van der Waals surface area contributed by atoms with E-state index >= 15 is 0 Å². The van der Waals surface area contributed by atoms with Crippen LogP contribution in [0.4, 0.5) is 0 Å². The van der Waals surface area contributed by atoms with Gasteiger partial charge in [0.2, 0.25) is 0 Å². The van der Waals surface area contributed by atoms with E-state index in [2.05, 4.69) is 47.3 Å². The largest absolute Gasteiger partial charge is 0.354 e. The van der Waals surface area contributed by atoms with E-state index in [1.807, 2.05) is 0 Å². The van der Waals surface area contributed by atoms with Gasteiger partial charge in [0.1, 0.15) is 0 Å². The summed E-state index contributed by atoms with van der Waals surface area (Å²) in [4.78, 5) is 0. The number of nitrogens with zero attached hydrogens (tertiary/aromatic N) is 1. The zero-order chi connectivity index (χ0) is 13.1. The molecule has 0 bridgehead atoms. The van der Waals surface area contributed by atoms with Crippen LogP contribution in [0.5, 0.6) is 0 Å². The minimum absolute atomic E-state index is 0.263. The highest BCUT2D eigenvalue weighted by Crippen LogP contribution is 2.28. The van der Waals surface area contributed by atoms with Crippen molar-refractivity contribution in [2.75, 3.05) is 0 Å². The number of nitrogens with two attached hydrogens (primary N) is 1. The Balaban J connectivity index is 1.59. The number of aromatic nitrogens is 1. The first-order valence-electron chi connectivity index (χ1n) is 7.31. The molecule has 0 saturated heterocycles. The van der Waals surface area contributed by atoms with Crippen molar-refractivity contribution >= 4 is 0 Å². The van der Waals surface area contributed by atoms with Crippen LogP contribution in [0.3, 0.4) is 0 Å². The second-order valence-corrected chi connectivity index (χ2v) is 5.56. The van der Waals surface area contributed by atoms with Gasteiger partial charge in [0.05, 0.1) is 0 Å². The van der Waals surface area contributed by atoms with Crippen molar-refractivity contribution in [2.24, 2.45) is 5.73 Å². The van der Waals surface area contributed by atoms with Gasteiger partial charge >= 0.3 is 0 Å². The Bertz CT molecular complexity index is 527. The maximum absolute atomic E-state index is 6.17. The van der Waals surface area contributed by atoms with Crippen LogP contribution in [0.1, 0.15) is 42.0 Å². The second kappa shape index (κ2) is 5.62. The van der Waals surface area contributed by atoms with Gasteiger partial charge in [0, 0.05) is 25.0 Å². The first-order valence-corrected chi connectivity index (χ1v) is 7.31. The Morgan fingerprint density at radius 1 is 1.16 bits per heavy atom. The monoisotopic (exact) mass is 254 g/mol. The molecule has 100 valence electrons. The van der Waals surface area contributed by atoms with Crippen molar-refractivity contribution in [3.8, 4) is 0 Å². The zero-order valence-electron chi connectivity index (χ0n) is 11.4. The lowest BCUT2D eigenvalue weighted by Gasteiger charge is -2.17. The van der Waals surface area contributed by atoms with E-state index in [0.29, 0.717) is 0 Å². The van der Waals surface area contributed by atoms with Crippen LogP contribution in [-0.2, 0) is 19.4 Å². The summed E-state index contributed by atoms with van der Waals surface area (Å²) in [5.41, 5.74) is 10.4. The quantitative estimate of drug-likeness (QED) is 0.890. The van der Waals surface area contributed by atoms with Crippen LogP contribution < -0.4 is 5.73 Å². The van der Waals surface area contributed by atoms with Crippen LogP contribution in [-0.4, -0.2) is 4.57 Å². The maximum Gasteiger partial charge on any atom is 0.0312 e. The number of benzene rings is 1. The molecule has 0 fully saturated rings. The third-order valence-electron chi connectivity index (χ3n) is 4.08. The van der Waals surface area contributed by atoms with Gasteiger partial charge in [-0.1, -0.05) is 30.3 Å². The predicted molar refractivity (Wildman–Crippen MR) is 79.1 cm³/mol. The van der Waals surface area contributed by atoms with Gasteiger partial charge in [-0.2, -0.15) is 0 Å². The van der Waals surface area contributed by atoms with Gasteiger partial charge in [-0.3, -0.25) is 0 Å². The number of aryl methyl sites for hydroxylation is 3. The fourth-order valence-corrected chi connectivity index (χ4v) is 3.02. The first kappa shape index (κ1) is 12.5. The normalized spacial score (nSPS) is 18.3. The highest BCUT2D eigenvalue weighted by Gasteiger charge is 2.18. The summed E-state index contributed by atoms with van der Waals surface area (Å²) in [6.45, 7) is 1.09. The Kier molecular flexibility index (Phi) is 3.69. The molecule has 2 nitrogen and oxygen atoms in total. The number of rotatable bonds is 4. The minimum atomic E-state index is 0.263. The minimum Gasteiger partial charge on any atom is -0.354 e. The van der Waals surface area contributed by atoms with Crippen LogP contribution in [0.15, 0.2) is 42.7 Å². The molecule has 1 aromatic carbocycles. The Morgan fingerprint density at radius 3 is 2.79 bits per heavy atom. The smallest absolute Gasteiger partial charge is 0.0312 e. The van der Waals surface area contributed by atoms with E-state index in [0.717, 1.165) is 19.4 Å². The lowest BCUT2D eigenvalue weighted by atomic mass is 9.92. The van der Waals surface area contributed by atoms with Gasteiger partial charge < -0.3 is 10.3 Å². The van der Waals surface area contributed by atoms with Crippen molar-refractivity contribution in [1.82, 2.24) is 4.57 Å². The highest BCUT2D eigenvalue weighted by atomic mass is 14.9. The lowest BCUT2D eigenvalue weighted by molar-refractivity contribution is 0.573. The molecular weight excluding hydrogens is 232 g/mol. The van der Waals surface area contributed by atoms with Crippen LogP contribution in [0.2, 0.25) is 0 Å². The van der Waals surface area contributed by atoms with Crippen LogP contribution in [0, 0.1) is 0 Å². The lowest BCUT2D eigenvalue weighted by Crippen LogP contribution is -2.15. The molecule has 0 amide bonds. The highest BCUT2D eigenvalue weighted by molar-refractivity contribution is 5.29. The van der Waals surface area contributed by atoms with E-state index in [4.69, 9.17) is 5.73 Å². The molecular formula is C17H22N2. The molecule has 2 heteroatoms. The summed E-state index contributed by atoms with van der Waals surface area (Å²) in [7, 11) is 0. The zero-order valence-corrected chi connectivity index (χ0v) is 11.4. The molecule has 2 N–H and O–H groups in total. The molecule has 0 aliphatic heterocycles. The van der Waals surface area contributed by atoms with E-state index in [9.17, 15) is 0 Å². The molecule has 0 radical (unpaired) electrons. The fraction of sp³-hybridized carbons (Fsp3) is 0.412. The molecule has 1 aliphatic carbocycles. The molecule has 3 rings (SSSR count). The molecule has 0 spiro atoms. The van der Waals surface area contributed by atoms with Crippen molar-refractivity contribution in [2.45, 2.75) is 44.7 Å². The Hall–Kier alpha value is -1.54.